The van der Waals surface area contributed by atoms with Crippen LogP contribution in [0.25, 0.3) is 10.1 Å². The van der Waals surface area contributed by atoms with Gasteiger partial charge in [0.15, 0.2) is 0 Å². The van der Waals surface area contributed by atoms with E-state index in [9.17, 15) is 9.59 Å². The van der Waals surface area contributed by atoms with Crippen molar-refractivity contribution < 1.29 is 23.8 Å². The molecular formula is C17H19NO5S. The van der Waals surface area contributed by atoms with Crippen LogP contribution in [0.5, 0.6) is 0 Å². The summed E-state index contributed by atoms with van der Waals surface area (Å²) in [4.78, 5) is 26.5. The van der Waals surface area contributed by atoms with Gasteiger partial charge in [-0.25, -0.2) is 9.59 Å². The zero-order valence-corrected chi connectivity index (χ0v) is 14.3. The maximum absolute atomic E-state index is 12.2. The summed E-state index contributed by atoms with van der Waals surface area (Å²) in [6.45, 7) is 4.28. The molecule has 0 saturated carbocycles. The van der Waals surface area contributed by atoms with Crippen molar-refractivity contribution in [3.8, 4) is 0 Å². The van der Waals surface area contributed by atoms with Crippen molar-refractivity contribution in [1.82, 2.24) is 4.90 Å². The Balaban J connectivity index is 1.61. The summed E-state index contributed by atoms with van der Waals surface area (Å²) in [7, 11) is 1.35. The van der Waals surface area contributed by atoms with Crippen molar-refractivity contribution >= 4 is 33.4 Å². The lowest BCUT2D eigenvalue weighted by molar-refractivity contribution is 0.0197. The van der Waals surface area contributed by atoms with Gasteiger partial charge in [-0.3, -0.25) is 4.90 Å². The Bertz CT molecular complexity index is 736. The number of methoxy groups -OCH3 is 1. The molecule has 1 aromatic heterocycles. The van der Waals surface area contributed by atoms with Crippen molar-refractivity contribution in [1.29, 1.82) is 0 Å². The second kappa shape index (κ2) is 7.74. The maximum atomic E-state index is 12.2. The van der Waals surface area contributed by atoms with E-state index in [2.05, 4.69) is 4.90 Å². The van der Waals surface area contributed by atoms with Crippen LogP contribution in [0, 0.1) is 0 Å². The monoisotopic (exact) mass is 349 g/mol. The number of rotatable bonds is 5. The minimum absolute atomic E-state index is 0.330. The van der Waals surface area contributed by atoms with Gasteiger partial charge in [0.25, 0.3) is 0 Å². The number of thiophene rings is 1. The van der Waals surface area contributed by atoms with E-state index in [4.69, 9.17) is 14.2 Å². The number of hydrogen-bond acceptors (Lipinski definition) is 7. The van der Waals surface area contributed by atoms with E-state index in [1.54, 1.807) is 18.2 Å². The Morgan fingerprint density at radius 2 is 2.00 bits per heavy atom. The molecule has 2 heterocycles. The van der Waals surface area contributed by atoms with E-state index in [0.717, 1.165) is 36.4 Å². The smallest absolute Gasteiger partial charge is 0.348 e. The van der Waals surface area contributed by atoms with E-state index in [1.165, 1.54) is 18.4 Å². The highest BCUT2D eigenvalue weighted by molar-refractivity contribution is 7.20. The number of morpholine rings is 1. The van der Waals surface area contributed by atoms with Gasteiger partial charge < -0.3 is 14.2 Å². The van der Waals surface area contributed by atoms with Crippen LogP contribution in [0.15, 0.2) is 24.3 Å². The fraction of sp³-hybridized carbons (Fsp3) is 0.412. The Kier molecular flexibility index (Phi) is 5.44. The SMILES string of the molecule is COC(=O)c1ccc2cc(C(=O)OCCN3CCOCC3)sc2c1. The van der Waals surface area contributed by atoms with Gasteiger partial charge >= 0.3 is 11.9 Å². The number of benzene rings is 1. The Morgan fingerprint density at radius 3 is 2.75 bits per heavy atom. The van der Waals surface area contributed by atoms with Gasteiger partial charge in [-0.05, 0) is 23.6 Å². The van der Waals surface area contributed by atoms with Gasteiger partial charge in [0, 0.05) is 24.3 Å². The van der Waals surface area contributed by atoms with Crippen LogP contribution in [0.1, 0.15) is 20.0 Å². The van der Waals surface area contributed by atoms with Gasteiger partial charge in [-0.2, -0.15) is 0 Å². The minimum Gasteiger partial charge on any atom is -0.465 e. The number of esters is 2. The molecule has 3 rings (SSSR count). The van der Waals surface area contributed by atoms with E-state index in [0.29, 0.717) is 23.6 Å². The highest BCUT2D eigenvalue weighted by atomic mass is 32.1. The number of hydrogen-bond donors (Lipinski definition) is 0. The van der Waals surface area contributed by atoms with Gasteiger partial charge in [-0.1, -0.05) is 6.07 Å². The number of carbonyl (C=O) groups is 2. The summed E-state index contributed by atoms with van der Waals surface area (Å²) >= 11 is 1.32. The van der Waals surface area contributed by atoms with E-state index >= 15 is 0 Å². The molecule has 0 N–H and O–H groups in total. The van der Waals surface area contributed by atoms with Crippen molar-refractivity contribution in [3.63, 3.8) is 0 Å². The zero-order chi connectivity index (χ0) is 16.9. The Hall–Kier alpha value is -1.96. The van der Waals surface area contributed by atoms with E-state index in [-0.39, 0.29) is 11.9 Å². The number of fused-ring (bicyclic) bond motifs is 1. The number of ether oxygens (including phenoxy) is 3. The van der Waals surface area contributed by atoms with Crippen LogP contribution >= 0.6 is 11.3 Å². The van der Waals surface area contributed by atoms with Gasteiger partial charge in [0.1, 0.15) is 11.5 Å². The molecule has 1 aromatic carbocycles. The van der Waals surface area contributed by atoms with Crippen LogP contribution in [-0.2, 0) is 14.2 Å². The summed E-state index contributed by atoms with van der Waals surface area (Å²) in [5.74, 6) is -0.719. The second-order valence-corrected chi connectivity index (χ2v) is 6.53. The molecule has 0 atom stereocenters. The van der Waals surface area contributed by atoms with Crippen molar-refractivity contribution in [3.05, 3.63) is 34.7 Å². The molecule has 7 heteroatoms. The minimum atomic E-state index is -0.389. The summed E-state index contributed by atoms with van der Waals surface area (Å²) in [5, 5.41) is 0.910. The molecule has 6 nitrogen and oxygen atoms in total. The maximum Gasteiger partial charge on any atom is 0.348 e. The fourth-order valence-electron chi connectivity index (χ4n) is 2.54. The molecule has 0 aliphatic carbocycles. The largest absolute Gasteiger partial charge is 0.465 e. The average Bonchev–Trinajstić information content (AvgIpc) is 3.05. The highest BCUT2D eigenvalue weighted by Crippen LogP contribution is 2.27. The highest BCUT2D eigenvalue weighted by Gasteiger charge is 2.15. The first-order chi connectivity index (χ1) is 11.7. The van der Waals surface area contributed by atoms with Gasteiger partial charge in [0.2, 0.25) is 0 Å². The summed E-state index contributed by atoms with van der Waals surface area (Å²) in [6, 6.07) is 7.02. The summed E-state index contributed by atoms with van der Waals surface area (Å²) in [6.07, 6.45) is 0. The molecule has 1 fully saturated rings. The Morgan fingerprint density at radius 1 is 1.21 bits per heavy atom. The molecular weight excluding hydrogens is 330 g/mol. The summed E-state index contributed by atoms with van der Waals surface area (Å²) in [5.41, 5.74) is 0.471. The van der Waals surface area contributed by atoms with E-state index < -0.39 is 0 Å². The van der Waals surface area contributed by atoms with Crippen LogP contribution < -0.4 is 0 Å². The first-order valence-corrected chi connectivity index (χ1v) is 8.58. The van der Waals surface area contributed by atoms with Gasteiger partial charge in [0.05, 0.1) is 25.9 Å². The lowest BCUT2D eigenvalue weighted by Crippen LogP contribution is -2.38. The van der Waals surface area contributed by atoms with Crippen LogP contribution in [0.4, 0.5) is 0 Å². The molecule has 1 saturated heterocycles. The molecule has 1 aliphatic rings. The first-order valence-electron chi connectivity index (χ1n) is 7.76. The van der Waals surface area contributed by atoms with Gasteiger partial charge in [-0.15, -0.1) is 11.3 Å². The lowest BCUT2D eigenvalue weighted by Gasteiger charge is -2.26. The van der Waals surface area contributed by atoms with Crippen LogP contribution in [0.2, 0.25) is 0 Å². The topological polar surface area (TPSA) is 65.1 Å². The second-order valence-electron chi connectivity index (χ2n) is 5.44. The molecule has 0 radical (unpaired) electrons. The Labute approximate surface area is 143 Å². The van der Waals surface area contributed by atoms with Crippen molar-refractivity contribution in [2.24, 2.45) is 0 Å². The van der Waals surface area contributed by atoms with Crippen molar-refractivity contribution in [2.75, 3.05) is 46.6 Å². The third kappa shape index (κ3) is 3.92. The molecule has 24 heavy (non-hydrogen) atoms. The zero-order valence-electron chi connectivity index (χ0n) is 13.4. The molecule has 128 valence electrons. The molecule has 2 aromatic rings. The molecule has 0 amide bonds. The fourth-order valence-corrected chi connectivity index (χ4v) is 3.54. The van der Waals surface area contributed by atoms with E-state index in [1.807, 2.05) is 6.07 Å². The normalized spacial score (nSPS) is 15.4. The number of nitrogens with zero attached hydrogens (tertiary/aromatic N) is 1. The standard InChI is InChI=1S/C17H19NO5S/c1-21-16(19)13-3-2-12-10-15(24-14(12)11-13)17(20)23-9-6-18-4-7-22-8-5-18/h2-3,10-11H,4-9H2,1H3. The molecule has 0 unspecified atom stereocenters. The average molecular weight is 349 g/mol. The molecule has 0 bridgehead atoms. The van der Waals surface area contributed by atoms with Crippen LogP contribution in [-0.4, -0.2) is 63.4 Å². The van der Waals surface area contributed by atoms with Crippen LogP contribution in [0.3, 0.4) is 0 Å². The van der Waals surface area contributed by atoms with Crippen molar-refractivity contribution in [2.45, 2.75) is 0 Å². The predicted molar refractivity (Wildman–Crippen MR) is 90.7 cm³/mol. The molecule has 1 aliphatic heterocycles. The quantitative estimate of drug-likeness (QED) is 0.771. The predicted octanol–water partition coefficient (Wildman–Crippen LogP) is 2.18. The number of carbonyl (C=O) groups excluding carboxylic acids is 2. The lowest BCUT2D eigenvalue weighted by atomic mass is 10.2. The first kappa shape index (κ1) is 16.9. The third-order valence-electron chi connectivity index (χ3n) is 3.89. The molecule has 0 spiro atoms. The summed E-state index contributed by atoms with van der Waals surface area (Å²) < 4.78 is 16.2. The third-order valence-corrected chi connectivity index (χ3v) is 4.96.